The molecule has 2 N–H and O–H groups in total. The average molecular weight is 522 g/mol. The molecule has 164 valence electrons. The number of nitrogens with zero attached hydrogens (tertiary/aromatic N) is 4. The van der Waals surface area contributed by atoms with Gasteiger partial charge in [0.05, 0.1) is 6.54 Å². The molecule has 7 heteroatoms. The van der Waals surface area contributed by atoms with Gasteiger partial charge in [0.1, 0.15) is 5.82 Å². The van der Waals surface area contributed by atoms with Crippen LogP contribution < -0.4 is 15.5 Å². The third kappa shape index (κ3) is 6.84. The molecule has 0 radical (unpaired) electrons. The van der Waals surface area contributed by atoms with Gasteiger partial charge in [-0.3, -0.25) is 0 Å². The second-order valence-corrected chi connectivity index (χ2v) is 7.45. The Labute approximate surface area is 198 Å². The van der Waals surface area contributed by atoms with Crippen LogP contribution >= 0.6 is 24.0 Å². The average Bonchev–Trinajstić information content (AvgIpc) is 2.76. The lowest BCUT2D eigenvalue weighted by molar-refractivity contribution is 0.312. The highest BCUT2D eigenvalue weighted by atomic mass is 127. The molecule has 6 nitrogen and oxygen atoms in total. The van der Waals surface area contributed by atoms with Gasteiger partial charge >= 0.3 is 0 Å². The van der Waals surface area contributed by atoms with Crippen LogP contribution in [0.5, 0.6) is 0 Å². The molecule has 1 fully saturated rings. The molecule has 1 aromatic heterocycles. The lowest BCUT2D eigenvalue weighted by Crippen LogP contribution is -2.45. The Morgan fingerprint density at radius 3 is 2.37 bits per heavy atom. The number of pyridine rings is 1. The van der Waals surface area contributed by atoms with E-state index in [4.69, 9.17) is 4.99 Å². The Kier molecular flexibility index (Phi) is 10.4. The number of hydrogen-bond acceptors (Lipinski definition) is 4. The zero-order chi connectivity index (χ0) is 20.5. The number of benzene rings is 1. The summed E-state index contributed by atoms with van der Waals surface area (Å²) < 4.78 is 0. The van der Waals surface area contributed by atoms with Crippen molar-refractivity contribution in [2.45, 2.75) is 33.4 Å². The summed E-state index contributed by atoms with van der Waals surface area (Å²) in [7, 11) is 2.17. The Bertz CT molecular complexity index is 802. The normalized spacial score (nSPS) is 14.9. The number of aryl methyl sites for hydroxylation is 1. The number of halogens is 1. The van der Waals surface area contributed by atoms with E-state index >= 15 is 0 Å². The molecule has 0 amide bonds. The molecule has 1 aromatic carbocycles. The number of rotatable bonds is 7. The highest BCUT2D eigenvalue weighted by molar-refractivity contribution is 14.0. The summed E-state index contributed by atoms with van der Waals surface area (Å²) in [5.74, 6) is 1.91. The van der Waals surface area contributed by atoms with Crippen molar-refractivity contribution >= 4 is 35.8 Å². The summed E-state index contributed by atoms with van der Waals surface area (Å²) in [5.41, 5.74) is 3.86. The van der Waals surface area contributed by atoms with E-state index in [1.165, 1.54) is 16.7 Å². The van der Waals surface area contributed by atoms with Gasteiger partial charge in [-0.1, -0.05) is 37.3 Å². The molecule has 30 heavy (non-hydrogen) atoms. The maximum absolute atomic E-state index is 4.84. The first-order valence-electron chi connectivity index (χ1n) is 10.7. The predicted octanol–water partition coefficient (Wildman–Crippen LogP) is 3.27. The number of piperazine rings is 1. The van der Waals surface area contributed by atoms with Crippen LogP contribution in [0, 0.1) is 0 Å². The first-order chi connectivity index (χ1) is 14.2. The monoisotopic (exact) mass is 522 g/mol. The fourth-order valence-electron chi connectivity index (χ4n) is 3.62. The summed E-state index contributed by atoms with van der Waals surface area (Å²) in [4.78, 5) is 14.2. The van der Waals surface area contributed by atoms with Crippen molar-refractivity contribution in [1.82, 2.24) is 20.5 Å². The van der Waals surface area contributed by atoms with Crippen molar-refractivity contribution in [2.24, 2.45) is 4.99 Å². The lowest BCUT2D eigenvalue weighted by atomic mass is 10.1. The van der Waals surface area contributed by atoms with Crippen LogP contribution in [0.15, 0.2) is 47.6 Å². The van der Waals surface area contributed by atoms with Gasteiger partial charge in [0.2, 0.25) is 0 Å². The first kappa shape index (κ1) is 24.4. The fourth-order valence-corrected chi connectivity index (χ4v) is 3.62. The smallest absolute Gasteiger partial charge is 0.191 e. The summed E-state index contributed by atoms with van der Waals surface area (Å²) >= 11 is 0. The molecule has 0 unspecified atom stereocenters. The van der Waals surface area contributed by atoms with Crippen LogP contribution in [0.1, 0.15) is 30.5 Å². The van der Waals surface area contributed by atoms with Gasteiger partial charge in [-0.2, -0.15) is 0 Å². The molecule has 2 aromatic rings. The van der Waals surface area contributed by atoms with Gasteiger partial charge in [-0.15, -0.1) is 24.0 Å². The molecule has 3 rings (SSSR count). The third-order valence-electron chi connectivity index (χ3n) is 5.37. The molecule has 1 aliphatic rings. The zero-order valence-electron chi connectivity index (χ0n) is 18.4. The fraction of sp³-hybridized carbons (Fsp3) is 0.478. The Hall–Kier alpha value is -1.87. The lowest BCUT2D eigenvalue weighted by Gasteiger charge is -2.34. The number of likely N-dealkylation sites (N-methyl/N-ethyl adjacent to an activating group) is 1. The molecule has 1 saturated heterocycles. The maximum atomic E-state index is 4.84. The number of aliphatic imine (C=N–C) groups is 1. The van der Waals surface area contributed by atoms with Crippen LogP contribution in [-0.4, -0.2) is 55.6 Å². The van der Waals surface area contributed by atoms with Gasteiger partial charge in [0.25, 0.3) is 0 Å². The molecule has 0 bridgehead atoms. The molecular weight excluding hydrogens is 487 g/mol. The van der Waals surface area contributed by atoms with Crippen molar-refractivity contribution < 1.29 is 0 Å². The van der Waals surface area contributed by atoms with E-state index in [-0.39, 0.29) is 24.0 Å². The van der Waals surface area contributed by atoms with Crippen molar-refractivity contribution in [2.75, 3.05) is 44.7 Å². The minimum atomic E-state index is 0. The minimum absolute atomic E-state index is 0. The van der Waals surface area contributed by atoms with E-state index in [0.717, 1.165) is 57.5 Å². The van der Waals surface area contributed by atoms with Crippen molar-refractivity contribution in [3.8, 4) is 0 Å². The second-order valence-electron chi connectivity index (χ2n) is 7.45. The summed E-state index contributed by atoms with van der Waals surface area (Å²) in [6, 6.07) is 12.7. The highest BCUT2D eigenvalue weighted by Crippen LogP contribution is 2.19. The number of aromatic nitrogens is 1. The highest BCUT2D eigenvalue weighted by Gasteiger charge is 2.17. The van der Waals surface area contributed by atoms with Crippen molar-refractivity contribution in [3.63, 3.8) is 0 Å². The van der Waals surface area contributed by atoms with Gasteiger partial charge < -0.3 is 20.4 Å². The van der Waals surface area contributed by atoms with Gasteiger partial charge in [0, 0.05) is 51.0 Å². The summed E-state index contributed by atoms with van der Waals surface area (Å²) in [6.07, 6.45) is 2.92. The van der Waals surface area contributed by atoms with E-state index in [1.807, 2.05) is 12.3 Å². The number of hydrogen-bond donors (Lipinski definition) is 2. The van der Waals surface area contributed by atoms with Crippen LogP contribution in [0.4, 0.5) is 5.82 Å². The molecule has 2 heterocycles. The topological polar surface area (TPSA) is 55.8 Å². The van der Waals surface area contributed by atoms with Crippen molar-refractivity contribution in [1.29, 1.82) is 0 Å². The minimum Gasteiger partial charge on any atom is -0.357 e. The second kappa shape index (κ2) is 12.7. The van der Waals surface area contributed by atoms with E-state index in [1.54, 1.807) is 0 Å². The van der Waals surface area contributed by atoms with E-state index in [0.29, 0.717) is 6.54 Å². The molecule has 0 spiro atoms. The third-order valence-corrected chi connectivity index (χ3v) is 5.37. The largest absolute Gasteiger partial charge is 0.357 e. The van der Waals surface area contributed by atoms with E-state index in [9.17, 15) is 0 Å². The van der Waals surface area contributed by atoms with Crippen LogP contribution in [0.25, 0.3) is 0 Å². The van der Waals surface area contributed by atoms with Gasteiger partial charge in [0.15, 0.2) is 5.96 Å². The Morgan fingerprint density at radius 1 is 0.967 bits per heavy atom. The number of nitrogens with one attached hydrogen (secondary N) is 2. The molecule has 1 aliphatic heterocycles. The van der Waals surface area contributed by atoms with Crippen LogP contribution in [0.2, 0.25) is 0 Å². The quantitative estimate of drug-likeness (QED) is 0.332. The Balaban J connectivity index is 0.00000320. The van der Waals surface area contributed by atoms with E-state index < -0.39 is 0 Å². The van der Waals surface area contributed by atoms with Crippen LogP contribution in [0.3, 0.4) is 0 Å². The van der Waals surface area contributed by atoms with Crippen LogP contribution in [-0.2, 0) is 19.5 Å². The van der Waals surface area contributed by atoms with Crippen molar-refractivity contribution in [3.05, 3.63) is 59.3 Å². The van der Waals surface area contributed by atoms with Gasteiger partial charge in [-0.25, -0.2) is 9.98 Å². The molecule has 0 aliphatic carbocycles. The zero-order valence-corrected chi connectivity index (χ0v) is 20.7. The summed E-state index contributed by atoms with van der Waals surface area (Å²) in [6.45, 7) is 10.7. The molecular formula is C23H35IN6. The summed E-state index contributed by atoms with van der Waals surface area (Å²) in [5, 5.41) is 6.85. The number of guanidine groups is 1. The molecule has 0 atom stereocenters. The first-order valence-corrected chi connectivity index (χ1v) is 10.7. The predicted molar refractivity (Wildman–Crippen MR) is 137 cm³/mol. The maximum Gasteiger partial charge on any atom is 0.191 e. The van der Waals surface area contributed by atoms with E-state index in [2.05, 4.69) is 76.6 Å². The molecule has 0 saturated carbocycles. The standard InChI is InChI=1S/C23H34N6.HI/c1-4-19-9-6-7-10-20(19)17-26-23(24-5-2)27-18-21-11-8-12-25-22(21)29-15-13-28(3)14-16-29;/h6-12H,4-5,13-18H2,1-3H3,(H2,24,26,27);1H. The SMILES string of the molecule is CCNC(=NCc1cccnc1N1CCN(C)CC1)NCc1ccccc1CC.I. The Morgan fingerprint density at radius 2 is 1.67 bits per heavy atom. The number of anilines is 1. The van der Waals surface area contributed by atoms with Gasteiger partial charge in [-0.05, 0) is 37.6 Å².